The van der Waals surface area contributed by atoms with Crippen LogP contribution in [-0.4, -0.2) is 65.8 Å². The van der Waals surface area contributed by atoms with Crippen LogP contribution in [0.25, 0.3) is 0 Å². The van der Waals surface area contributed by atoms with Crippen molar-refractivity contribution >= 4 is 39.3 Å². The van der Waals surface area contributed by atoms with Crippen molar-refractivity contribution in [2.24, 2.45) is 5.41 Å². The zero-order chi connectivity index (χ0) is 26.2. The fourth-order valence-electron chi connectivity index (χ4n) is 3.78. The molecule has 0 saturated heterocycles. The minimum atomic E-state index is -4.99. The zero-order valence-corrected chi connectivity index (χ0v) is 23.3. The molecule has 0 aliphatic heterocycles. The topological polar surface area (TPSA) is 137 Å². The maximum absolute atomic E-state index is 13.7. The SMILES string of the molecule is CC=CCS(=O)(=O)CC(C)(C)C(S(=O)(=O)CC=CC)(S(=O)(=O)CC=CC)S(=O)(=O)CC=CC. The molecule has 0 atom stereocenters. The van der Waals surface area contributed by atoms with E-state index in [4.69, 9.17) is 0 Å². The Labute approximate surface area is 200 Å². The van der Waals surface area contributed by atoms with Gasteiger partial charge in [-0.15, -0.1) is 0 Å². The number of sulfone groups is 4. The van der Waals surface area contributed by atoms with E-state index in [1.807, 2.05) is 0 Å². The Morgan fingerprint density at radius 3 is 1.06 bits per heavy atom. The predicted octanol–water partition coefficient (Wildman–Crippen LogP) is 2.63. The van der Waals surface area contributed by atoms with Gasteiger partial charge in [-0.1, -0.05) is 62.5 Å². The molecule has 0 fully saturated rings. The van der Waals surface area contributed by atoms with Crippen LogP contribution in [0.1, 0.15) is 41.5 Å². The molecule has 0 aliphatic carbocycles. The predicted molar refractivity (Wildman–Crippen MR) is 136 cm³/mol. The highest BCUT2D eigenvalue weighted by Crippen LogP contribution is 2.49. The van der Waals surface area contributed by atoms with Crippen LogP contribution >= 0.6 is 0 Å². The second-order valence-electron chi connectivity index (χ2n) is 8.12. The first kappa shape index (κ1) is 31.8. The monoisotopic (exact) mass is 544 g/mol. The molecule has 33 heavy (non-hydrogen) atoms. The lowest BCUT2D eigenvalue weighted by atomic mass is 9.99. The highest BCUT2D eigenvalue weighted by molar-refractivity contribution is 8.26. The summed E-state index contributed by atoms with van der Waals surface area (Å²) in [6.45, 7) is 8.27. The van der Waals surface area contributed by atoms with Gasteiger partial charge in [0.1, 0.15) is 0 Å². The van der Waals surface area contributed by atoms with E-state index in [0.29, 0.717) is 0 Å². The van der Waals surface area contributed by atoms with Gasteiger partial charge in [-0.2, -0.15) is 0 Å². The van der Waals surface area contributed by atoms with E-state index in [1.54, 1.807) is 6.92 Å². The molecule has 0 aromatic carbocycles. The molecule has 0 heterocycles. The molecular weight excluding hydrogens is 508 g/mol. The Morgan fingerprint density at radius 2 is 0.788 bits per heavy atom. The van der Waals surface area contributed by atoms with Crippen LogP contribution in [0.4, 0.5) is 0 Å². The summed E-state index contributed by atoms with van der Waals surface area (Å²) in [6.07, 6.45) is 10.3. The summed E-state index contributed by atoms with van der Waals surface area (Å²) in [5.41, 5.74) is -2.24. The summed E-state index contributed by atoms with van der Waals surface area (Å²) < 4.78 is 104. The number of rotatable bonds is 14. The van der Waals surface area contributed by atoms with E-state index in [0.717, 1.165) is 32.1 Å². The fourth-order valence-corrected chi connectivity index (χ4v) is 16.6. The molecule has 0 radical (unpaired) electrons. The van der Waals surface area contributed by atoms with Gasteiger partial charge >= 0.3 is 0 Å². The molecule has 0 bridgehead atoms. The van der Waals surface area contributed by atoms with Gasteiger partial charge < -0.3 is 0 Å². The summed E-state index contributed by atoms with van der Waals surface area (Å²) in [5, 5.41) is 0. The lowest BCUT2D eigenvalue weighted by Crippen LogP contribution is -2.65. The highest BCUT2D eigenvalue weighted by atomic mass is 32.3. The Bertz CT molecular complexity index is 1090. The normalized spacial score (nSPS) is 16.9. The van der Waals surface area contributed by atoms with Gasteiger partial charge in [0.2, 0.25) is 0 Å². The molecule has 0 spiro atoms. The van der Waals surface area contributed by atoms with E-state index >= 15 is 0 Å². The summed E-state index contributed by atoms with van der Waals surface area (Å²) in [6, 6.07) is 0. The van der Waals surface area contributed by atoms with Crippen molar-refractivity contribution < 1.29 is 33.7 Å². The van der Waals surface area contributed by atoms with Crippen LogP contribution in [0.15, 0.2) is 48.6 Å². The van der Waals surface area contributed by atoms with Crippen molar-refractivity contribution in [3.63, 3.8) is 0 Å². The number of hydrogen-bond donors (Lipinski definition) is 0. The third kappa shape index (κ3) is 6.89. The van der Waals surface area contributed by atoms with E-state index in [-0.39, 0.29) is 0 Å². The molecule has 192 valence electrons. The van der Waals surface area contributed by atoms with Crippen molar-refractivity contribution in [2.45, 2.75) is 45.0 Å². The first-order valence-corrected chi connectivity index (χ1v) is 17.0. The summed E-state index contributed by atoms with van der Waals surface area (Å²) in [5.74, 6) is -4.10. The Kier molecular flexibility index (Phi) is 11.5. The Morgan fingerprint density at radius 1 is 0.515 bits per heavy atom. The molecule has 0 N–H and O–H groups in total. The standard InChI is InChI=1S/C21H36O8S4/c1-7-11-15-30(22,23)19-20(5,6)21(31(24,25)16-12-8-2,32(26,27)17-13-9-3)33(28,29)18-14-10-4/h7-14H,15-19H2,1-6H3. The van der Waals surface area contributed by atoms with E-state index in [2.05, 4.69) is 0 Å². The molecule has 12 heteroatoms. The maximum atomic E-state index is 13.7. The second kappa shape index (κ2) is 11.9. The first-order valence-electron chi connectivity index (χ1n) is 10.3. The van der Waals surface area contributed by atoms with Crippen LogP contribution in [0, 0.1) is 5.41 Å². The number of hydrogen-bond acceptors (Lipinski definition) is 8. The molecule has 0 aromatic rings. The fraction of sp³-hybridized carbons (Fsp3) is 0.619. The van der Waals surface area contributed by atoms with Gasteiger partial charge in [0.25, 0.3) is 3.41 Å². The third-order valence-electron chi connectivity index (χ3n) is 4.88. The summed E-state index contributed by atoms with van der Waals surface area (Å²) in [7, 11) is -19.0. The molecule has 0 aliphatic rings. The van der Waals surface area contributed by atoms with Gasteiger partial charge in [0.05, 0.1) is 28.8 Å². The number of allylic oxidation sites excluding steroid dienone is 4. The summed E-state index contributed by atoms with van der Waals surface area (Å²) >= 11 is 0. The average Bonchev–Trinajstić information content (AvgIpc) is 2.66. The van der Waals surface area contributed by atoms with E-state index < -0.39 is 76.9 Å². The smallest absolute Gasteiger partial charge is 0.228 e. The second-order valence-corrected chi connectivity index (χ2v) is 17.5. The molecule has 0 rings (SSSR count). The molecular formula is C21H36O8S4. The molecule has 0 unspecified atom stereocenters. The van der Waals surface area contributed by atoms with Crippen molar-refractivity contribution in [3.8, 4) is 0 Å². The lowest BCUT2D eigenvalue weighted by molar-refractivity contribution is 0.389. The summed E-state index contributed by atoms with van der Waals surface area (Å²) in [4.78, 5) is 0. The largest absolute Gasteiger partial charge is 0.278 e. The van der Waals surface area contributed by atoms with Crippen molar-refractivity contribution in [3.05, 3.63) is 48.6 Å². The van der Waals surface area contributed by atoms with Gasteiger partial charge in [-0.3, -0.25) is 0 Å². The van der Waals surface area contributed by atoms with Crippen molar-refractivity contribution in [1.82, 2.24) is 0 Å². The Hall–Kier alpha value is -1.24. The van der Waals surface area contributed by atoms with E-state index in [9.17, 15) is 33.7 Å². The Balaban J connectivity index is 7.79. The van der Waals surface area contributed by atoms with Crippen LogP contribution in [0.5, 0.6) is 0 Å². The lowest BCUT2D eigenvalue weighted by Gasteiger charge is -2.43. The van der Waals surface area contributed by atoms with E-state index in [1.165, 1.54) is 51.2 Å². The molecule has 8 nitrogen and oxygen atoms in total. The van der Waals surface area contributed by atoms with Crippen LogP contribution in [0.2, 0.25) is 0 Å². The first-order chi connectivity index (χ1) is 14.9. The van der Waals surface area contributed by atoms with Gasteiger partial charge in [0.15, 0.2) is 39.3 Å². The molecule has 0 saturated carbocycles. The minimum absolute atomic E-state index is 0.484. The van der Waals surface area contributed by atoms with Gasteiger partial charge in [0, 0.05) is 5.41 Å². The highest BCUT2D eigenvalue weighted by Gasteiger charge is 2.71. The minimum Gasteiger partial charge on any atom is -0.228 e. The third-order valence-corrected chi connectivity index (χ3v) is 17.3. The average molecular weight is 545 g/mol. The molecule has 0 aromatic heterocycles. The van der Waals surface area contributed by atoms with Gasteiger partial charge in [-0.05, 0) is 27.7 Å². The quantitative estimate of drug-likeness (QED) is 0.304. The van der Waals surface area contributed by atoms with Crippen LogP contribution < -0.4 is 0 Å². The van der Waals surface area contributed by atoms with Gasteiger partial charge in [-0.25, -0.2) is 33.7 Å². The van der Waals surface area contributed by atoms with Crippen molar-refractivity contribution in [1.29, 1.82) is 0 Å². The van der Waals surface area contributed by atoms with Crippen LogP contribution in [-0.2, 0) is 39.3 Å². The maximum Gasteiger partial charge on any atom is 0.278 e. The van der Waals surface area contributed by atoms with Crippen molar-refractivity contribution in [2.75, 3.05) is 28.8 Å². The zero-order valence-electron chi connectivity index (χ0n) is 20.1. The van der Waals surface area contributed by atoms with Crippen LogP contribution in [0.3, 0.4) is 0 Å². The molecule has 0 amide bonds.